The average Bonchev–Trinajstić information content (AvgIpc) is 3.55. The molecule has 0 spiro atoms. The maximum absolute atomic E-state index is 13.3. The molecule has 2 aliphatic carbocycles. The fourth-order valence-corrected chi connectivity index (χ4v) is 5.54. The van der Waals surface area contributed by atoms with Gasteiger partial charge in [0.25, 0.3) is 17.5 Å². The number of methoxy groups -OCH3 is 1. The van der Waals surface area contributed by atoms with Crippen LogP contribution in [0.25, 0.3) is 12.2 Å². The topological polar surface area (TPSA) is 145 Å². The minimum absolute atomic E-state index is 0.0632. The zero-order valence-electron chi connectivity index (χ0n) is 21.0. The molecular weight excluding hydrogens is 506 g/mol. The smallest absolute Gasteiger partial charge is 0.336 e. The van der Waals surface area contributed by atoms with Gasteiger partial charge in [-0.2, -0.15) is 0 Å². The number of ether oxygens (including phenoxy) is 2. The van der Waals surface area contributed by atoms with Crippen molar-refractivity contribution < 1.29 is 33.6 Å². The maximum Gasteiger partial charge on any atom is 0.336 e. The first-order chi connectivity index (χ1) is 18.7. The van der Waals surface area contributed by atoms with Crippen LogP contribution in [0.2, 0.25) is 0 Å². The molecular formula is C28H25N3O8. The molecule has 3 atom stereocenters. The van der Waals surface area contributed by atoms with E-state index in [0.717, 1.165) is 25.7 Å². The number of rotatable bonds is 7. The monoisotopic (exact) mass is 531 g/mol. The summed E-state index contributed by atoms with van der Waals surface area (Å²) < 4.78 is 10.7. The summed E-state index contributed by atoms with van der Waals surface area (Å²) >= 11 is 0. The molecule has 1 N–H and O–H groups in total. The summed E-state index contributed by atoms with van der Waals surface area (Å²) in [5.41, 5.74) is 0.788. The van der Waals surface area contributed by atoms with Crippen LogP contribution >= 0.6 is 0 Å². The zero-order valence-corrected chi connectivity index (χ0v) is 21.0. The number of fused-ring (bicyclic) bond motifs is 2. The van der Waals surface area contributed by atoms with Crippen LogP contribution in [0.5, 0.6) is 11.5 Å². The van der Waals surface area contributed by atoms with Crippen molar-refractivity contribution in [2.45, 2.75) is 31.7 Å². The summed E-state index contributed by atoms with van der Waals surface area (Å²) in [4.78, 5) is 62.2. The Hall–Kier alpha value is -4.80. The van der Waals surface area contributed by atoms with E-state index in [1.54, 1.807) is 6.07 Å². The number of amides is 4. The normalized spacial score (nSPS) is 23.4. The summed E-state index contributed by atoms with van der Waals surface area (Å²) in [5.74, 6) is -1.03. The van der Waals surface area contributed by atoms with Crippen LogP contribution in [0.15, 0.2) is 54.1 Å². The highest BCUT2D eigenvalue weighted by molar-refractivity contribution is 6.31. The molecule has 1 heterocycles. The first-order valence-electron chi connectivity index (χ1n) is 12.5. The van der Waals surface area contributed by atoms with Gasteiger partial charge in [0.15, 0.2) is 11.5 Å². The Balaban J connectivity index is 1.31. The fraction of sp³-hybridized carbons (Fsp3) is 0.286. The molecule has 2 bridgehead atoms. The molecule has 0 radical (unpaired) electrons. The Bertz CT molecular complexity index is 1430. The van der Waals surface area contributed by atoms with Crippen molar-refractivity contribution in [2.24, 2.45) is 11.8 Å². The molecule has 1 aliphatic heterocycles. The largest absolute Gasteiger partial charge is 0.493 e. The van der Waals surface area contributed by atoms with Gasteiger partial charge in [-0.05, 0) is 78.6 Å². The number of carbonyl (C=O) groups excluding carboxylic acids is 4. The van der Waals surface area contributed by atoms with Crippen LogP contribution in [0.3, 0.4) is 0 Å². The van der Waals surface area contributed by atoms with Crippen LogP contribution in [0, 0.1) is 22.0 Å². The van der Waals surface area contributed by atoms with Crippen LogP contribution in [-0.4, -0.2) is 46.8 Å². The van der Waals surface area contributed by atoms with Gasteiger partial charge >= 0.3 is 12.0 Å². The van der Waals surface area contributed by atoms with Crippen molar-refractivity contribution in [3.8, 4) is 11.5 Å². The number of urea groups is 1. The highest BCUT2D eigenvalue weighted by Gasteiger charge is 2.49. The number of esters is 1. The van der Waals surface area contributed by atoms with Crippen molar-refractivity contribution >= 4 is 41.7 Å². The molecule has 11 heteroatoms. The number of carbonyl (C=O) groups is 4. The minimum Gasteiger partial charge on any atom is -0.493 e. The molecule has 2 aromatic carbocycles. The number of imide groups is 2. The lowest BCUT2D eigenvalue weighted by molar-refractivity contribution is -0.384. The number of nitrogens with one attached hydrogen (secondary N) is 1. The number of hydrogen-bond donors (Lipinski definition) is 1. The van der Waals surface area contributed by atoms with E-state index < -0.39 is 28.7 Å². The molecule has 0 aromatic heterocycles. The highest BCUT2D eigenvalue weighted by atomic mass is 16.6. The third-order valence-electron chi connectivity index (χ3n) is 7.39. The van der Waals surface area contributed by atoms with E-state index in [4.69, 9.17) is 9.47 Å². The molecule has 3 fully saturated rings. The number of hydrogen-bond acceptors (Lipinski definition) is 8. The van der Waals surface area contributed by atoms with Gasteiger partial charge in [0.1, 0.15) is 5.57 Å². The van der Waals surface area contributed by atoms with Gasteiger partial charge in [-0.3, -0.25) is 29.9 Å². The highest BCUT2D eigenvalue weighted by Crippen LogP contribution is 2.47. The predicted octanol–water partition coefficient (Wildman–Crippen LogP) is 3.87. The SMILES string of the molecule is COc1cc(/C=C2\C(=O)NC(=O)N([C@H]3C[C@H]4CC[C@H]3C4)C2=O)ccc1OC(=O)/C=C/c1ccc([N+](=O)[O-])cc1. The van der Waals surface area contributed by atoms with E-state index in [-0.39, 0.29) is 34.7 Å². The Morgan fingerprint density at radius 1 is 1.05 bits per heavy atom. The Morgan fingerprint density at radius 3 is 2.44 bits per heavy atom. The summed E-state index contributed by atoms with van der Waals surface area (Å²) in [5, 5.41) is 13.0. The van der Waals surface area contributed by atoms with E-state index in [2.05, 4.69) is 5.32 Å². The Morgan fingerprint density at radius 2 is 1.79 bits per heavy atom. The van der Waals surface area contributed by atoms with Crippen molar-refractivity contribution in [3.63, 3.8) is 0 Å². The van der Waals surface area contributed by atoms with Crippen LogP contribution in [-0.2, 0) is 14.4 Å². The number of barbiturate groups is 1. The molecule has 3 aliphatic rings. The number of nitrogens with zero attached hydrogens (tertiary/aromatic N) is 2. The molecule has 2 saturated carbocycles. The maximum atomic E-state index is 13.3. The van der Waals surface area contributed by atoms with E-state index in [0.29, 0.717) is 17.0 Å². The summed E-state index contributed by atoms with van der Waals surface area (Å²) in [6.07, 6.45) is 7.84. The van der Waals surface area contributed by atoms with Gasteiger partial charge < -0.3 is 9.47 Å². The zero-order chi connectivity index (χ0) is 27.7. The number of nitro groups is 1. The average molecular weight is 532 g/mol. The molecule has 200 valence electrons. The van der Waals surface area contributed by atoms with Crippen molar-refractivity contribution in [1.29, 1.82) is 0 Å². The summed E-state index contributed by atoms with van der Waals surface area (Å²) in [7, 11) is 1.38. The van der Waals surface area contributed by atoms with E-state index >= 15 is 0 Å². The fourth-order valence-electron chi connectivity index (χ4n) is 5.54. The van der Waals surface area contributed by atoms with Crippen molar-refractivity contribution in [3.05, 3.63) is 75.4 Å². The lowest BCUT2D eigenvalue weighted by atomic mass is 9.93. The van der Waals surface area contributed by atoms with Gasteiger partial charge in [-0.1, -0.05) is 12.5 Å². The Labute approximate surface area is 223 Å². The second kappa shape index (κ2) is 10.5. The standard InChI is InChI=1S/C28H25N3O8/c1-38-24-15-18(5-10-23(24)39-25(32)11-6-16-3-8-20(9-4-16)31(36)37)13-21-26(33)29-28(35)30(27(21)34)22-14-17-2-7-19(22)12-17/h3-6,8-11,13,15,17,19,22H,2,7,12,14H2,1H3,(H,29,33,35)/b11-6+,21-13+/t17-,19-,22-/m0/s1. The van der Waals surface area contributed by atoms with Gasteiger partial charge in [-0.25, -0.2) is 9.59 Å². The van der Waals surface area contributed by atoms with Crippen LogP contribution < -0.4 is 14.8 Å². The van der Waals surface area contributed by atoms with E-state index in [9.17, 15) is 29.3 Å². The molecule has 0 unspecified atom stereocenters. The van der Waals surface area contributed by atoms with E-state index in [1.807, 2.05) is 0 Å². The third-order valence-corrected chi connectivity index (χ3v) is 7.39. The molecule has 2 aromatic rings. The van der Waals surface area contributed by atoms with Crippen molar-refractivity contribution in [2.75, 3.05) is 7.11 Å². The number of nitro benzene ring substituents is 1. The molecule has 4 amide bonds. The van der Waals surface area contributed by atoms with E-state index in [1.165, 1.54) is 66.6 Å². The van der Waals surface area contributed by atoms with Crippen LogP contribution in [0.1, 0.15) is 36.8 Å². The third kappa shape index (κ3) is 5.28. The minimum atomic E-state index is -0.768. The summed E-state index contributed by atoms with van der Waals surface area (Å²) in [6.45, 7) is 0. The predicted molar refractivity (Wildman–Crippen MR) is 138 cm³/mol. The number of non-ortho nitro benzene ring substituents is 1. The second-order valence-corrected chi connectivity index (χ2v) is 9.75. The molecule has 11 nitrogen and oxygen atoms in total. The van der Waals surface area contributed by atoms with Gasteiger partial charge in [0.05, 0.1) is 12.0 Å². The molecule has 5 rings (SSSR count). The Kier molecular flexibility index (Phi) is 6.97. The number of benzene rings is 2. The van der Waals surface area contributed by atoms with Gasteiger partial charge in [0.2, 0.25) is 0 Å². The van der Waals surface area contributed by atoms with Crippen LogP contribution in [0.4, 0.5) is 10.5 Å². The lowest BCUT2D eigenvalue weighted by Gasteiger charge is -2.35. The second-order valence-electron chi connectivity index (χ2n) is 9.75. The van der Waals surface area contributed by atoms with Crippen molar-refractivity contribution in [1.82, 2.24) is 10.2 Å². The molecule has 1 saturated heterocycles. The molecule has 39 heavy (non-hydrogen) atoms. The lowest BCUT2D eigenvalue weighted by Crippen LogP contribution is -2.58. The van der Waals surface area contributed by atoms with Gasteiger partial charge in [-0.15, -0.1) is 0 Å². The first-order valence-corrected chi connectivity index (χ1v) is 12.5. The van der Waals surface area contributed by atoms with Gasteiger partial charge in [0, 0.05) is 24.3 Å². The first kappa shape index (κ1) is 25.8. The summed E-state index contributed by atoms with van der Waals surface area (Å²) in [6, 6.07) is 9.29. The quantitative estimate of drug-likeness (QED) is 0.142.